The van der Waals surface area contributed by atoms with Crippen LogP contribution in [0.2, 0.25) is 0 Å². The molecule has 0 aliphatic rings. The first-order chi connectivity index (χ1) is 18.8. The Hall–Kier alpha value is -3.14. The van der Waals surface area contributed by atoms with Gasteiger partial charge in [-0.25, -0.2) is 4.79 Å². The van der Waals surface area contributed by atoms with Gasteiger partial charge in [0, 0.05) is 11.8 Å². The van der Waals surface area contributed by atoms with Crippen LogP contribution in [-0.2, 0) is 23.9 Å². The van der Waals surface area contributed by atoms with E-state index in [1.165, 1.54) is 12.1 Å². The maximum atomic E-state index is 12.8. The van der Waals surface area contributed by atoms with E-state index in [1.54, 1.807) is 40.7 Å². The number of nitrogens with two attached hydrogens (primary N) is 1. The molecular weight excluding hydrogens is 518 g/mol. The SMILES string of the molecule is CCCC(C)C(=O)Oc1ccc(C(C(C)C(C)OC(=O)OC(C)CC)[C@H](N)C(=O)O)cc1OC(=O)C(C)CCC. The van der Waals surface area contributed by atoms with E-state index in [1.807, 2.05) is 20.8 Å². The first-order valence-electron chi connectivity index (χ1n) is 14.2. The fraction of sp³-hybridized carbons (Fsp3) is 0.667. The summed E-state index contributed by atoms with van der Waals surface area (Å²) < 4.78 is 21.9. The Kier molecular flexibility index (Phi) is 14.7. The zero-order valence-electron chi connectivity index (χ0n) is 25.1. The minimum absolute atomic E-state index is 0.0120. The molecule has 1 aromatic carbocycles. The lowest BCUT2D eigenvalue weighted by molar-refractivity contribution is -0.141. The van der Waals surface area contributed by atoms with Crippen molar-refractivity contribution in [1.82, 2.24) is 0 Å². The molecule has 40 heavy (non-hydrogen) atoms. The molecule has 3 N–H and O–H groups in total. The van der Waals surface area contributed by atoms with Gasteiger partial charge in [-0.1, -0.05) is 60.5 Å². The molecule has 0 radical (unpaired) electrons. The van der Waals surface area contributed by atoms with Gasteiger partial charge in [-0.15, -0.1) is 0 Å². The summed E-state index contributed by atoms with van der Waals surface area (Å²) in [6, 6.07) is 3.13. The number of rotatable bonds is 16. The van der Waals surface area contributed by atoms with Gasteiger partial charge in [-0.3, -0.25) is 14.4 Å². The predicted molar refractivity (Wildman–Crippen MR) is 150 cm³/mol. The van der Waals surface area contributed by atoms with Crippen LogP contribution in [0.25, 0.3) is 0 Å². The van der Waals surface area contributed by atoms with E-state index in [2.05, 4.69) is 0 Å². The fourth-order valence-corrected chi connectivity index (χ4v) is 4.23. The quantitative estimate of drug-likeness (QED) is 0.185. The third kappa shape index (κ3) is 10.4. The molecule has 1 aromatic rings. The van der Waals surface area contributed by atoms with Gasteiger partial charge >= 0.3 is 24.1 Å². The summed E-state index contributed by atoms with van der Waals surface area (Å²) in [6.45, 7) is 14.4. The molecule has 0 aliphatic carbocycles. The molecule has 6 unspecified atom stereocenters. The Morgan fingerprint density at radius 2 is 1.35 bits per heavy atom. The van der Waals surface area contributed by atoms with Crippen LogP contribution in [0.5, 0.6) is 11.5 Å². The van der Waals surface area contributed by atoms with Crippen molar-refractivity contribution in [3.63, 3.8) is 0 Å². The minimum atomic E-state index is -1.38. The van der Waals surface area contributed by atoms with E-state index in [4.69, 9.17) is 24.7 Å². The fourth-order valence-electron chi connectivity index (χ4n) is 4.23. The number of ether oxygens (including phenoxy) is 4. The van der Waals surface area contributed by atoms with Gasteiger partial charge < -0.3 is 29.8 Å². The van der Waals surface area contributed by atoms with Gasteiger partial charge in [0.05, 0.1) is 11.8 Å². The lowest BCUT2D eigenvalue weighted by Gasteiger charge is -2.31. The van der Waals surface area contributed by atoms with Crippen molar-refractivity contribution in [2.75, 3.05) is 0 Å². The van der Waals surface area contributed by atoms with Gasteiger partial charge in [0.25, 0.3) is 0 Å². The number of benzene rings is 1. The summed E-state index contributed by atoms with van der Waals surface area (Å²) in [4.78, 5) is 49.7. The average molecular weight is 566 g/mol. The highest BCUT2D eigenvalue weighted by atomic mass is 16.7. The van der Waals surface area contributed by atoms with E-state index in [0.29, 0.717) is 24.8 Å². The van der Waals surface area contributed by atoms with E-state index in [-0.39, 0.29) is 23.5 Å². The van der Waals surface area contributed by atoms with Crippen LogP contribution in [0.1, 0.15) is 99.0 Å². The molecule has 0 heterocycles. The molecule has 0 fully saturated rings. The van der Waals surface area contributed by atoms with E-state index in [0.717, 1.165) is 12.8 Å². The molecule has 10 nitrogen and oxygen atoms in total. The van der Waals surface area contributed by atoms with Gasteiger partial charge in [0.2, 0.25) is 0 Å². The lowest BCUT2D eigenvalue weighted by atomic mass is 9.79. The maximum Gasteiger partial charge on any atom is 0.508 e. The number of aliphatic carboxylic acids is 1. The molecule has 0 spiro atoms. The number of esters is 2. The number of hydrogen-bond donors (Lipinski definition) is 2. The Morgan fingerprint density at radius 3 is 1.82 bits per heavy atom. The Balaban J connectivity index is 3.47. The van der Waals surface area contributed by atoms with Crippen LogP contribution in [0.4, 0.5) is 4.79 Å². The van der Waals surface area contributed by atoms with Crippen molar-refractivity contribution in [1.29, 1.82) is 0 Å². The summed E-state index contributed by atoms with van der Waals surface area (Å²) in [5.74, 6) is -4.42. The zero-order valence-corrected chi connectivity index (χ0v) is 25.1. The largest absolute Gasteiger partial charge is 0.508 e. The van der Waals surface area contributed by atoms with Crippen LogP contribution in [0.15, 0.2) is 18.2 Å². The standard InChI is InChI=1S/C30H47NO9/c1-9-12-17(4)28(34)39-23-15-14-22(16-24(23)40-29(35)18(5)13-10-2)25(26(31)27(32)33)20(7)21(8)38-30(36)37-19(6)11-3/h14-21,25-26H,9-13,31H2,1-8H3,(H,32,33)/t17?,18?,19?,20?,21?,25?,26-/m0/s1. The lowest BCUT2D eigenvalue weighted by Crippen LogP contribution is -2.42. The van der Waals surface area contributed by atoms with E-state index in [9.17, 15) is 24.3 Å². The molecule has 1 rings (SSSR count). The Bertz CT molecular complexity index is 995. The Labute approximate surface area is 237 Å². The van der Waals surface area contributed by atoms with Crippen molar-refractivity contribution < 1.29 is 43.2 Å². The predicted octanol–water partition coefficient (Wildman–Crippen LogP) is 5.84. The van der Waals surface area contributed by atoms with Crippen LogP contribution in [-0.4, -0.2) is 47.4 Å². The molecule has 7 atom stereocenters. The zero-order chi connectivity index (χ0) is 30.6. The molecule has 0 saturated heterocycles. The van der Waals surface area contributed by atoms with Crippen molar-refractivity contribution in [2.45, 2.75) is 112 Å². The molecule has 0 bridgehead atoms. The topological polar surface area (TPSA) is 151 Å². The highest BCUT2D eigenvalue weighted by Gasteiger charge is 2.36. The number of carbonyl (C=O) groups is 4. The van der Waals surface area contributed by atoms with Crippen LogP contribution < -0.4 is 15.2 Å². The van der Waals surface area contributed by atoms with Gasteiger partial charge in [0.15, 0.2) is 11.5 Å². The minimum Gasteiger partial charge on any atom is -0.480 e. The van der Waals surface area contributed by atoms with Crippen LogP contribution in [0.3, 0.4) is 0 Å². The van der Waals surface area contributed by atoms with E-state index >= 15 is 0 Å². The number of hydrogen-bond acceptors (Lipinski definition) is 9. The van der Waals surface area contributed by atoms with Crippen molar-refractivity contribution in [2.24, 2.45) is 23.5 Å². The van der Waals surface area contributed by atoms with Crippen LogP contribution >= 0.6 is 0 Å². The summed E-state index contributed by atoms with van der Waals surface area (Å²) in [5, 5.41) is 9.80. The summed E-state index contributed by atoms with van der Waals surface area (Å²) in [6.07, 6.45) is 1.44. The second-order valence-corrected chi connectivity index (χ2v) is 10.6. The number of carboxylic acid groups (broad SMARTS) is 1. The monoisotopic (exact) mass is 565 g/mol. The first-order valence-corrected chi connectivity index (χ1v) is 14.2. The summed E-state index contributed by atoms with van der Waals surface area (Å²) >= 11 is 0. The third-order valence-electron chi connectivity index (χ3n) is 7.16. The molecule has 0 aromatic heterocycles. The van der Waals surface area contributed by atoms with Crippen LogP contribution in [0, 0.1) is 17.8 Å². The molecule has 0 aliphatic heterocycles. The second-order valence-electron chi connectivity index (χ2n) is 10.6. The van der Waals surface area contributed by atoms with Gasteiger partial charge in [0.1, 0.15) is 18.2 Å². The van der Waals surface area contributed by atoms with Gasteiger partial charge in [-0.05, 0) is 50.8 Å². The van der Waals surface area contributed by atoms with Crippen molar-refractivity contribution >= 4 is 24.1 Å². The number of carbonyl (C=O) groups excluding carboxylic acids is 3. The van der Waals surface area contributed by atoms with Gasteiger partial charge in [-0.2, -0.15) is 0 Å². The second kappa shape index (κ2) is 16.8. The third-order valence-corrected chi connectivity index (χ3v) is 7.16. The molecule has 10 heteroatoms. The molecule has 226 valence electrons. The number of carboxylic acids is 1. The molecular formula is C30H47NO9. The molecule has 0 saturated carbocycles. The Morgan fingerprint density at radius 1 is 0.825 bits per heavy atom. The highest BCUT2D eigenvalue weighted by molar-refractivity contribution is 5.79. The van der Waals surface area contributed by atoms with Crippen molar-refractivity contribution in [3.8, 4) is 11.5 Å². The normalized spacial score (nSPS) is 16.4. The maximum absolute atomic E-state index is 12.8. The molecule has 0 amide bonds. The average Bonchev–Trinajstić information content (AvgIpc) is 2.89. The smallest absolute Gasteiger partial charge is 0.480 e. The summed E-state index contributed by atoms with van der Waals surface area (Å²) in [5.41, 5.74) is 6.55. The van der Waals surface area contributed by atoms with E-state index < -0.39 is 54.0 Å². The first kappa shape index (κ1) is 34.9. The summed E-state index contributed by atoms with van der Waals surface area (Å²) in [7, 11) is 0. The highest BCUT2D eigenvalue weighted by Crippen LogP contribution is 2.38. The van der Waals surface area contributed by atoms with Crippen molar-refractivity contribution in [3.05, 3.63) is 23.8 Å².